The first-order valence-corrected chi connectivity index (χ1v) is 8.63. The molecular weight excluding hydrogens is 282 g/mol. The van der Waals surface area contributed by atoms with Gasteiger partial charge in [0.05, 0.1) is 12.7 Å². The molecule has 0 saturated heterocycles. The fraction of sp³-hybridized carbons (Fsp3) is 0.667. The Kier molecular flexibility index (Phi) is 7.01. The van der Waals surface area contributed by atoms with Gasteiger partial charge >= 0.3 is 0 Å². The zero-order chi connectivity index (χ0) is 15.1. The number of ether oxygens (including phenoxy) is 1. The van der Waals surface area contributed by atoms with Crippen LogP contribution in [0.5, 0.6) is 0 Å². The monoisotopic (exact) mass is 309 g/mol. The Hall–Kier alpha value is -0.570. The predicted octanol–water partition coefficient (Wildman–Crippen LogP) is 4.98. The lowest BCUT2D eigenvalue weighted by Gasteiger charge is -2.26. The highest BCUT2D eigenvalue weighted by Crippen LogP contribution is 2.27. The van der Waals surface area contributed by atoms with Gasteiger partial charge in [-0.15, -0.1) is 0 Å². The molecule has 2 nitrogen and oxygen atoms in total. The van der Waals surface area contributed by atoms with E-state index in [0.29, 0.717) is 6.04 Å². The third-order valence-corrected chi connectivity index (χ3v) is 4.42. The van der Waals surface area contributed by atoms with Gasteiger partial charge in [-0.25, -0.2) is 0 Å². The molecule has 1 aliphatic rings. The molecular formula is C18H28ClNO. The zero-order valence-corrected chi connectivity index (χ0v) is 14.0. The average Bonchev–Trinajstić information content (AvgIpc) is 2.48. The lowest BCUT2D eigenvalue weighted by molar-refractivity contribution is 0.0190. The van der Waals surface area contributed by atoms with Crippen LogP contribution in [0.2, 0.25) is 5.02 Å². The average molecular weight is 310 g/mol. The smallest absolute Gasteiger partial charge is 0.0949 e. The first-order chi connectivity index (χ1) is 10.1. The maximum Gasteiger partial charge on any atom is 0.0949 e. The Morgan fingerprint density at radius 3 is 2.67 bits per heavy atom. The number of benzene rings is 1. The quantitative estimate of drug-likeness (QED) is 0.767. The molecule has 1 aromatic rings. The van der Waals surface area contributed by atoms with Crippen molar-refractivity contribution >= 4 is 11.6 Å². The summed E-state index contributed by atoms with van der Waals surface area (Å²) in [5, 5.41) is 4.26. The Balaban J connectivity index is 1.94. The fourth-order valence-corrected chi connectivity index (χ4v) is 3.13. The van der Waals surface area contributed by atoms with Gasteiger partial charge in [-0.2, -0.15) is 0 Å². The minimum absolute atomic E-state index is 0.0908. The second-order valence-electron chi connectivity index (χ2n) is 6.44. The molecule has 0 heterocycles. The topological polar surface area (TPSA) is 21.3 Å². The highest BCUT2D eigenvalue weighted by Gasteiger charge is 2.18. The summed E-state index contributed by atoms with van der Waals surface area (Å²) in [6.45, 7) is 6.04. The van der Waals surface area contributed by atoms with Crippen LogP contribution >= 0.6 is 11.6 Å². The van der Waals surface area contributed by atoms with Gasteiger partial charge in [0.25, 0.3) is 0 Å². The van der Waals surface area contributed by atoms with Crippen molar-refractivity contribution in [2.75, 3.05) is 13.2 Å². The molecule has 1 saturated carbocycles. The van der Waals surface area contributed by atoms with Crippen molar-refractivity contribution in [3.05, 3.63) is 34.9 Å². The summed E-state index contributed by atoms with van der Waals surface area (Å²) in [6, 6.07) is 8.52. The van der Waals surface area contributed by atoms with Crippen molar-refractivity contribution in [2.24, 2.45) is 5.92 Å². The van der Waals surface area contributed by atoms with E-state index in [4.69, 9.17) is 16.3 Å². The normalized spacial score (nSPS) is 18.1. The molecule has 1 aromatic carbocycles. The van der Waals surface area contributed by atoms with Crippen LogP contribution in [0.3, 0.4) is 0 Å². The SMILES string of the molecule is CC(C)NCC(OCC1CCCCC1)c1cccc(Cl)c1. The van der Waals surface area contributed by atoms with Crippen molar-refractivity contribution in [3.63, 3.8) is 0 Å². The van der Waals surface area contributed by atoms with Gasteiger partial charge in [0.1, 0.15) is 0 Å². The van der Waals surface area contributed by atoms with E-state index in [1.807, 2.05) is 18.2 Å². The summed E-state index contributed by atoms with van der Waals surface area (Å²) in [7, 11) is 0. The van der Waals surface area contributed by atoms with E-state index >= 15 is 0 Å². The molecule has 1 N–H and O–H groups in total. The zero-order valence-electron chi connectivity index (χ0n) is 13.3. The van der Waals surface area contributed by atoms with Gasteiger partial charge in [0, 0.05) is 17.6 Å². The number of nitrogens with one attached hydrogen (secondary N) is 1. The molecule has 21 heavy (non-hydrogen) atoms. The summed E-state index contributed by atoms with van der Waals surface area (Å²) in [5.41, 5.74) is 1.17. The molecule has 1 fully saturated rings. The summed E-state index contributed by atoms with van der Waals surface area (Å²) in [4.78, 5) is 0. The first kappa shape index (κ1) is 16.8. The van der Waals surface area contributed by atoms with Crippen molar-refractivity contribution in [3.8, 4) is 0 Å². The summed E-state index contributed by atoms with van der Waals surface area (Å²) >= 11 is 6.12. The van der Waals surface area contributed by atoms with Crippen LogP contribution in [0.15, 0.2) is 24.3 Å². The maximum absolute atomic E-state index is 6.25. The fourth-order valence-electron chi connectivity index (χ4n) is 2.93. The maximum atomic E-state index is 6.25. The number of hydrogen-bond acceptors (Lipinski definition) is 2. The Bertz CT molecular complexity index is 415. The van der Waals surface area contributed by atoms with Crippen molar-refractivity contribution in [1.29, 1.82) is 0 Å². The summed E-state index contributed by atoms with van der Waals surface area (Å²) in [6.07, 6.45) is 6.84. The summed E-state index contributed by atoms with van der Waals surface area (Å²) in [5.74, 6) is 0.736. The minimum atomic E-state index is 0.0908. The molecule has 118 valence electrons. The van der Waals surface area contributed by atoms with Crippen LogP contribution in [0.4, 0.5) is 0 Å². The van der Waals surface area contributed by atoms with Gasteiger partial charge in [-0.1, -0.05) is 56.8 Å². The number of halogens is 1. The van der Waals surface area contributed by atoms with Crippen LogP contribution in [-0.4, -0.2) is 19.2 Å². The number of hydrogen-bond donors (Lipinski definition) is 1. The van der Waals surface area contributed by atoms with E-state index in [1.54, 1.807) is 0 Å². The molecule has 0 bridgehead atoms. The van der Waals surface area contributed by atoms with Gasteiger partial charge < -0.3 is 10.1 Å². The summed E-state index contributed by atoms with van der Waals surface area (Å²) < 4.78 is 6.25. The second-order valence-corrected chi connectivity index (χ2v) is 6.88. The van der Waals surface area contributed by atoms with Crippen molar-refractivity contribution in [1.82, 2.24) is 5.32 Å². The highest BCUT2D eigenvalue weighted by atomic mass is 35.5. The first-order valence-electron chi connectivity index (χ1n) is 8.25. The molecule has 0 spiro atoms. The van der Waals surface area contributed by atoms with E-state index in [-0.39, 0.29) is 6.10 Å². The lowest BCUT2D eigenvalue weighted by Crippen LogP contribution is -2.30. The van der Waals surface area contributed by atoms with E-state index in [1.165, 1.54) is 37.7 Å². The van der Waals surface area contributed by atoms with Crippen LogP contribution < -0.4 is 5.32 Å². The third-order valence-electron chi connectivity index (χ3n) is 4.19. The van der Waals surface area contributed by atoms with Crippen molar-refractivity contribution < 1.29 is 4.74 Å². The molecule has 0 amide bonds. The Labute approximate surface area is 134 Å². The predicted molar refractivity (Wildman–Crippen MR) is 89.9 cm³/mol. The third kappa shape index (κ3) is 5.98. The van der Waals surface area contributed by atoms with Crippen LogP contribution in [0.1, 0.15) is 57.6 Å². The minimum Gasteiger partial charge on any atom is -0.372 e. The van der Waals surface area contributed by atoms with Crippen molar-refractivity contribution in [2.45, 2.75) is 58.1 Å². The molecule has 1 unspecified atom stereocenters. The van der Waals surface area contributed by atoms with Gasteiger partial charge in [0.15, 0.2) is 0 Å². The Morgan fingerprint density at radius 2 is 2.00 bits per heavy atom. The Morgan fingerprint density at radius 1 is 1.24 bits per heavy atom. The van der Waals surface area contributed by atoms with E-state index in [9.17, 15) is 0 Å². The van der Waals surface area contributed by atoms with Crippen LogP contribution in [-0.2, 0) is 4.74 Å². The second kappa shape index (κ2) is 8.77. The highest BCUT2D eigenvalue weighted by molar-refractivity contribution is 6.30. The van der Waals surface area contributed by atoms with Crippen LogP contribution in [0.25, 0.3) is 0 Å². The molecule has 2 rings (SSSR count). The van der Waals surface area contributed by atoms with Gasteiger partial charge in [0.2, 0.25) is 0 Å². The molecule has 1 aliphatic carbocycles. The molecule has 1 atom stereocenters. The number of rotatable bonds is 7. The molecule has 3 heteroatoms. The molecule has 0 aliphatic heterocycles. The van der Waals surface area contributed by atoms with Gasteiger partial charge in [-0.05, 0) is 36.5 Å². The van der Waals surface area contributed by atoms with E-state index in [0.717, 1.165) is 24.1 Å². The lowest BCUT2D eigenvalue weighted by atomic mass is 9.90. The van der Waals surface area contributed by atoms with Gasteiger partial charge in [-0.3, -0.25) is 0 Å². The molecule has 0 aromatic heterocycles. The standard InChI is InChI=1S/C18H28ClNO/c1-14(2)20-12-18(16-9-6-10-17(19)11-16)21-13-15-7-4-3-5-8-15/h6,9-11,14-15,18,20H,3-5,7-8,12-13H2,1-2H3. The van der Waals surface area contributed by atoms with Crippen LogP contribution in [0, 0.1) is 5.92 Å². The molecule has 0 radical (unpaired) electrons. The largest absolute Gasteiger partial charge is 0.372 e. The van der Waals surface area contributed by atoms with E-state index in [2.05, 4.69) is 25.2 Å². The van der Waals surface area contributed by atoms with E-state index < -0.39 is 0 Å².